The van der Waals surface area contributed by atoms with Gasteiger partial charge in [0.2, 0.25) is 10.0 Å². The van der Waals surface area contributed by atoms with Crippen LogP contribution in [0.1, 0.15) is 33.6 Å². The molecular formula is C15H33IN4O2S2. The average molecular weight is 492 g/mol. The van der Waals surface area contributed by atoms with Crippen LogP contribution >= 0.6 is 35.7 Å². The maximum absolute atomic E-state index is 11.7. The van der Waals surface area contributed by atoms with Gasteiger partial charge in [-0.25, -0.2) is 12.7 Å². The van der Waals surface area contributed by atoms with Gasteiger partial charge in [-0.1, -0.05) is 6.92 Å². The first-order valence-electron chi connectivity index (χ1n) is 8.53. The number of nitrogens with zero attached hydrogens (tertiary/aromatic N) is 3. The van der Waals surface area contributed by atoms with E-state index in [1.54, 1.807) is 14.0 Å². The fraction of sp³-hybridized carbons (Fsp3) is 0.933. The fourth-order valence-corrected chi connectivity index (χ4v) is 4.45. The van der Waals surface area contributed by atoms with E-state index in [9.17, 15) is 8.42 Å². The molecule has 24 heavy (non-hydrogen) atoms. The lowest BCUT2D eigenvalue weighted by molar-refractivity contribution is 0.407. The summed E-state index contributed by atoms with van der Waals surface area (Å²) in [5, 5.41) is 4.04. The van der Waals surface area contributed by atoms with Gasteiger partial charge in [0.05, 0.1) is 5.75 Å². The van der Waals surface area contributed by atoms with Crippen molar-refractivity contribution in [1.82, 2.24) is 14.5 Å². The summed E-state index contributed by atoms with van der Waals surface area (Å²) in [5.41, 5.74) is 0. The van der Waals surface area contributed by atoms with Crippen molar-refractivity contribution >= 4 is 51.7 Å². The van der Waals surface area contributed by atoms with Gasteiger partial charge in [0.15, 0.2) is 5.96 Å². The molecule has 1 atom stereocenters. The lowest BCUT2D eigenvalue weighted by Gasteiger charge is -2.34. The molecule has 1 fully saturated rings. The molecule has 0 bridgehead atoms. The molecule has 0 aromatic heterocycles. The van der Waals surface area contributed by atoms with Crippen LogP contribution in [0.5, 0.6) is 0 Å². The third-order valence-corrected chi connectivity index (χ3v) is 7.19. The normalized spacial score (nSPS) is 19.3. The summed E-state index contributed by atoms with van der Waals surface area (Å²) >= 11 is 2.04. The molecule has 9 heteroatoms. The van der Waals surface area contributed by atoms with Gasteiger partial charge < -0.3 is 10.2 Å². The summed E-state index contributed by atoms with van der Waals surface area (Å²) in [4.78, 5) is 7.02. The molecule has 0 spiro atoms. The van der Waals surface area contributed by atoms with Crippen LogP contribution in [-0.4, -0.2) is 80.1 Å². The molecule has 0 aliphatic carbocycles. The van der Waals surface area contributed by atoms with Crippen molar-refractivity contribution in [2.45, 2.75) is 38.9 Å². The van der Waals surface area contributed by atoms with Crippen LogP contribution in [0, 0.1) is 0 Å². The van der Waals surface area contributed by atoms with Crippen LogP contribution in [0.4, 0.5) is 0 Å². The van der Waals surface area contributed by atoms with E-state index in [4.69, 9.17) is 0 Å². The Bertz CT molecular complexity index is 474. The Morgan fingerprint density at radius 3 is 2.67 bits per heavy atom. The third-order valence-electron chi connectivity index (χ3n) is 3.96. The quantitative estimate of drug-likeness (QED) is 0.243. The number of sulfonamides is 1. The number of nitrogens with one attached hydrogen (secondary N) is 1. The lowest BCUT2D eigenvalue weighted by atomic mass is 10.3. The van der Waals surface area contributed by atoms with Gasteiger partial charge in [-0.05, 0) is 26.7 Å². The Kier molecular flexibility index (Phi) is 12.7. The number of aliphatic imine (C=N–C) groups is 1. The average Bonchev–Trinajstić information content (AvgIpc) is 2.57. The second-order valence-corrected chi connectivity index (χ2v) is 9.43. The second kappa shape index (κ2) is 12.6. The molecule has 0 aromatic carbocycles. The van der Waals surface area contributed by atoms with Crippen LogP contribution < -0.4 is 5.32 Å². The summed E-state index contributed by atoms with van der Waals surface area (Å²) in [6.07, 6.45) is 1.92. The minimum atomic E-state index is -3.08. The van der Waals surface area contributed by atoms with Gasteiger partial charge in [-0.3, -0.25) is 4.99 Å². The molecule has 1 unspecified atom stereocenters. The van der Waals surface area contributed by atoms with E-state index in [-0.39, 0.29) is 29.7 Å². The van der Waals surface area contributed by atoms with Crippen molar-refractivity contribution in [3.05, 3.63) is 0 Å². The van der Waals surface area contributed by atoms with Gasteiger partial charge in [0, 0.05) is 50.8 Å². The van der Waals surface area contributed by atoms with Gasteiger partial charge >= 0.3 is 0 Å². The maximum atomic E-state index is 11.7. The van der Waals surface area contributed by atoms with Crippen LogP contribution in [0.25, 0.3) is 0 Å². The smallest absolute Gasteiger partial charge is 0.213 e. The highest BCUT2D eigenvalue weighted by Crippen LogP contribution is 2.21. The van der Waals surface area contributed by atoms with Gasteiger partial charge in [-0.2, -0.15) is 11.8 Å². The van der Waals surface area contributed by atoms with Crippen molar-refractivity contribution in [3.8, 4) is 0 Å². The largest absolute Gasteiger partial charge is 0.357 e. The summed E-state index contributed by atoms with van der Waals surface area (Å²) < 4.78 is 24.9. The standard InChI is InChI=1S/C15H32N4O2S2.HI/c1-5-14-13-19(11-12-22-14)15(16-6-2)17-9-8-10-18(4)23(20,21)7-3;/h14H,5-13H2,1-4H3,(H,16,17);1H. The molecule has 1 saturated heterocycles. The molecule has 0 radical (unpaired) electrons. The maximum Gasteiger partial charge on any atom is 0.213 e. The number of thioether (sulfide) groups is 1. The Hall–Kier alpha value is 0.260. The van der Waals surface area contributed by atoms with E-state index in [1.807, 2.05) is 11.8 Å². The predicted octanol–water partition coefficient (Wildman–Crippen LogP) is 2.07. The zero-order valence-corrected chi connectivity index (χ0v) is 19.3. The predicted molar refractivity (Wildman–Crippen MR) is 116 cm³/mol. The minimum absolute atomic E-state index is 0. The van der Waals surface area contributed by atoms with E-state index in [0.717, 1.165) is 37.8 Å². The number of rotatable bonds is 8. The topological polar surface area (TPSA) is 65.0 Å². The second-order valence-electron chi connectivity index (χ2n) is 5.66. The van der Waals surface area contributed by atoms with Crippen molar-refractivity contribution < 1.29 is 8.42 Å². The third kappa shape index (κ3) is 8.09. The molecule has 0 amide bonds. The van der Waals surface area contributed by atoms with Gasteiger partial charge in [0.1, 0.15) is 0 Å². The van der Waals surface area contributed by atoms with Crippen LogP contribution in [-0.2, 0) is 10.0 Å². The molecule has 144 valence electrons. The fourth-order valence-electron chi connectivity index (χ4n) is 2.42. The first kappa shape index (κ1) is 24.3. The number of guanidine groups is 1. The summed E-state index contributed by atoms with van der Waals surface area (Å²) in [5.74, 6) is 2.26. The Labute approximate surface area is 169 Å². The lowest BCUT2D eigenvalue weighted by Crippen LogP contribution is -2.48. The molecular weight excluding hydrogens is 459 g/mol. The van der Waals surface area contributed by atoms with Crippen LogP contribution in [0.15, 0.2) is 4.99 Å². The molecule has 1 heterocycles. The number of hydrogen-bond donors (Lipinski definition) is 1. The molecule has 1 rings (SSSR count). The van der Waals surface area contributed by atoms with Crippen molar-refractivity contribution in [2.24, 2.45) is 4.99 Å². The zero-order valence-electron chi connectivity index (χ0n) is 15.3. The molecule has 1 N–H and O–H groups in total. The number of halogens is 1. The Balaban J connectivity index is 0.00000529. The van der Waals surface area contributed by atoms with E-state index in [1.165, 1.54) is 10.7 Å². The summed E-state index contributed by atoms with van der Waals surface area (Å²) in [6, 6.07) is 0. The molecule has 0 aromatic rings. The monoisotopic (exact) mass is 492 g/mol. The van der Waals surface area contributed by atoms with Gasteiger partial charge in [-0.15, -0.1) is 24.0 Å². The summed E-state index contributed by atoms with van der Waals surface area (Å²) in [7, 11) is -1.44. The SMILES string of the molecule is CCNC(=NCCCN(C)S(=O)(=O)CC)N1CCSC(CC)C1.I. The van der Waals surface area contributed by atoms with Crippen molar-refractivity contribution in [3.63, 3.8) is 0 Å². The van der Waals surface area contributed by atoms with E-state index >= 15 is 0 Å². The van der Waals surface area contributed by atoms with Gasteiger partial charge in [0.25, 0.3) is 0 Å². The Morgan fingerprint density at radius 2 is 2.08 bits per heavy atom. The zero-order chi connectivity index (χ0) is 17.3. The Morgan fingerprint density at radius 1 is 1.38 bits per heavy atom. The first-order chi connectivity index (χ1) is 10.9. The first-order valence-corrected chi connectivity index (χ1v) is 11.2. The summed E-state index contributed by atoms with van der Waals surface area (Å²) in [6.45, 7) is 10.1. The highest BCUT2D eigenvalue weighted by molar-refractivity contribution is 14.0. The highest BCUT2D eigenvalue weighted by atomic mass is 127. The van der Waals surface area contributed by atoms with E-state index in [0.29, 0.717) is 18.3 Å². The molecule has 6 nitrogen and oxygen atoms in total. The van der Waals surface area contributed by atoms with Crippen LogP contribution in [0.3, 0.4) is 0 Å². The molecule has 1 aliphatic rings. The van der Waals surface area contributed by atoms with Crippen molar-refractivity contribution in [2.75, 3.05) is 51.3 Å². The van der Waals surface area contributed by atoms with E-state index in [2.05, 4.69) is 29.1 Å². The number of hydrogen-bond acceptors (Lipinski definition) is 4. The highest BCUT2D eigenvalue weighted by Gasteiger charge is 2.21. The molecule has 0 saturated carbocycles. The minimum Gasteiger partial charge on any atom is -0.357 e. The molecule has 1 aliphatic heterocycles. The van der Waals surface area contributed by atoms with Crippen LogP contribution in [0.2, 0.25) is 0 Å². The van der Waals surface area contributed by atoms with Crippen molar-refractivity contribution in [1.29, 1.82) is 0 Å². The van der Waals surface area contributed by atoms with E-state index < -0.39 is 10.0 Å².